The van der Waals surface area contributed by atoms with Gasteiger partial charge in [0.1, 0.15) is 0 Å². The fraction of sp³-hybridized carbons (Fsp3) is 0.438. The fourth-order valence-electron chi connectivity index (χ4n) is 2.36. The summed E-state index contributed by atoms with van der Waals surface area (Å²) >= 11 is 0. The van der Waals surface area contributed by atoms with Crippen molar-refractivity contribution in [2.75, 3.05) is 11.4 Å². The lowest BCUT2D eigenvalue weighted by Crippen LogP contribution is -2.33. The van der Waals surface area contributed by atoms with Crippen LogP contribution in [-0.2, 0) is 25.5 Å². The molecular weight excluding hydrogens is 284 g/mol. The standard InChI is InChI=1S/C16H20N2O4/c1-3-11-4-6-13(7-5-11)18-9-12(8-14(18)19)16(21)22-10(2)15(17)20/h4-7,10,12H,3,8-9H2,1-2H3,(H2,17,20)/t10-,12-/m1/s1. The highest BCUT2D eigenvalue weighted by atomic mass is 16.5. The zero-order chi connectivity index (χ0) is 16.3. The van der Waals surface area contributed by atoms with E-state index in [0.717, 1.165) is 12.1 Å². The minimum atomic E-state index is -0.986. The monoisotopic (exact) mass is 304 g/mol. The van der Waals surface area contributed by atoms with Crippen molar-refractivity contribution in [1.82, 2.24) is 0 Å². The second kappa shape index (κ2) is 6.60. The zero-order valence-corrected chi connectivity index (χ0v) is 12.7. The molecule has 0 aliphatic carbocycles. The Hall–Kier alpha value is -2.37. The van der Waals surface area contributed by atoms with Crippen molar-refractivity contribution in [1.29, 1.82) is 0 Å². The number of nitrogens with zero attached hydrogens (tertiary/aromatic N) is 1. The third-order valence-corrected chi connectivity index (χ3v) is 3.81. The number of rotatable bonds is 5. The van der Waals surface area contributed by atoms with E-state index < -0.39 is 23.9 Å². The Balaban J connectivity index is 2.03. The maximum absolute atomic E-state index is 12.1. The lowest BCUT2D eigenvalue weighted by atomic mass is 10.1. The molecule has 1 aromatic carbocycles. The highest BCUT2D eigenvalue weighted by Gasteiger charge is 2.37. The summed E-state index contributed by atoms with van der Waals surface area (Å²) in [6, 6.07) is 7.67. The summed E-state index contributed by atoms with van der Waals surface area (Å²) in [5.74, 6) is -1.96. The third-order valence-electron chi connectivity index (χ3n) is 3.81. The van der Waals surface area contributed by atoms with Crippen molar-refractivity contribution in [3.05, 3.63) is 29.8 Å². The van der Waals surface area contributed by atoms with Gasteiger partial charge in [-0.3, -0.25) is 14.4 Å². The van der Waals surface area contributed by atoms with E-state index in [1.54, 1.807) is 4.90 Å². The molecule has 118 valence electrons. The Kier molecular flexibility index (Phi) is 4.80. The first kappa shape index (κ1) is 16.0. The van der Waals surface area contributed by atoms with E-state index in [2.05, 4.69) is 6.92 Å². The number of amides is 2. The van der Waals surface area contributed by atoms with Crippen molar-refractivity contribution in [2.24, 2.45) is 11.7 Å². The second-order valence-electron chi connectivity index (χ2n) is 5.41. The van der Waals surface area contributed by atoms with Crippen LogP contribution >= 0.6 is 0 Å². The normalized spacial score (nSPS) is 19.1. The number of aryl methyl sites for hydroxylation is 1. The van der Waals surface area contributed by atoms with E-state index in [4.69, 9.17) is 10.5 Å². The average Bonchev–Trinajstić information content (AvgIpc) is 2.89. The van der Waals surface area contributed by atoms with E-state index in [1.165, 1.54) is 12.5 Å². The number of carbonyl (C=O) groups excluding carboxylic acids is 3. The largest absolute Gasteiger partial charge is 0.452 e. The first-order valence-electron chi connectivity index (χ1n) is 7.31. The molecule has 0 aromatic heterocycles. The van der Waals surface area contributed by atoms with E-state index in [0.29, 0.717) is 0 Å². The zero-order valence-electron chi connectivity index (χ0n) is 12.7. The number of carbonyl (C=O) groups is 3. The molecule has 6 heteroatoms. The van der Waals surface area contributed by atoms with Gasteiger partial charge in [0, 0.05) is 18.7 Å². The minimum absolute atomic E-state index is 0.0832. The molecule has 0 bridgehead atoms. The number of hydrogen-bond donors (Lipinski definition) is 1. The van der Waals surface area contributed by atoms with Gasteiger partial charge in [0.2, 0.25) is 5.91 Å². The van der Waals surface area contributed by atoms with Crippen LogP contribution in [0, 0.1) is 5.92 Å². The third kappa shape index (κ3) is 3.44. The molecule has 1 saturated heterocycles. The van der Waals surface area contributed by atoms with Crippen molar-refractivity contribution in [3.8, 4) is 0 Å². The summed E-state index contributed by atoms with van der Waals surface area (Å²) < 4.78 is 4.97. The Morgan fingerprint density at radius 1 is 1.36 bits per heavy atom. The molecular formula is C16H20N2O4. The average molecular weight is 304 g/mol. The predicted octanol–water partition coefficient (Wildman–Crippen LogP) is 1.02. The molecule has 22 heavy (non-hydrogen) atoms. The molecule has 0 radical (unpaired) electrons. The molecule has 2 rings (SSSR count). The Morgan fingerprint density at radius 2 is 2.00 bits per heavy atom. The van der Waals surface area contributed by atoms with Crippen molar-refractivity contribution in [2.45, 2.75) is 32.8 Å². The van der Waals surface area contributed by atoms with Crippen LogP contribution in [0.1, 0.15) is 25.8 Å². The highest BCUT2D eigenvalue weighted by Crippen LogP contribution is 2.26. The molecule has 2 amide bonds. The number of ether oxygens (including phenoxy) is 1. The van der Waals surface area contributed by atoms with Gasteiger partial charge in [-0.15, -0.1) is 0 Å². The minimum Gasteiger partial charge on any atom is -0.452 e. The number of hydrogen-bond acceptors (Lipinski definition) is 4. The van der Waals surface area contributed by atoms with Crippen molar-refractivity contribution < 1.29 is 19.1 Å². The maximum atomic E-state index is 12.1. The Bertz CT molecular complexity index is 582. The van der Waals surface area contributed by atoms with Crippen LogP contribution in [0.25, 0.3) is 0 Å². The second-order valence-corrected chi connectivity index (χ2v) is 5.41. The van der Waals surface area contributed by atoms with Gasteiger partial charge in [0.15, 0.2) is 6.10 Å². The van der Waals surface area contributed by atoms with Gasteiger partial charge in [-0.05, 0) is 31.0 Å². The molecule has 0 unspecified atom stereocenters. The topological polar surface area (TPSA) is 89.7 Å². The molecule has 1 heterocycles. The van der Waals surface area contributed by atoms with E-state index in [-0.39, 0.29) is 18.9 Å². The van der Waals surface area contributed by atoms with Crippen LogP contribution in [-0.4, -0.2) is 30.4 Å². The molecule has 0 spiro atoms. The number of esters is 1. The maximum Gasteiger partial charge on any atom is 0.312 e. The van der Waals surface area contributed by atoms with Crippen LogP contribution in [0.3, 0.4) is 0 Å². The van der Waals surface area contributed by atoms with Gasteiger partial charge in [-0.1, -0.05) is 19.1 Å². The van der Waals surface area contributed by atoms with E-state index in [1.807, 2.05) is 24.3 Å². The SMILES string of the molecule is CCc1ccc(N2C[C@H](C(=O)O[C@H](C)C(N)=O)CC2=O)cc1. The molecule has 1 aromatic rings. The number of primary amides is 1. The summed E-state index contributed by atoms with van der Waals surface area (Å²) in [6.45, 7) is 3.73. The van der Waals surface area contributed by atoms with Gasteiger partial charge >= 0.3 is 5.97 Å². The van der Waals surface area contributed by atoms with Gasteiger partial charge in [0.05, 0.1) is 5.92 Å². The summed E-state index contributed by atoms with van der Waals surface area (Å²) in [5.41, 5.74) is 7.01. The van der Waals surface area contributed by atoms with Gasteiger partial charge in [0.25, 0.3) is 5.91 Å². The molecule has 0 saturated carbocycles. The van der Waals surface area contributed by atoms with Crippen LogP contribution in [0.15, 0.2) is 24.3 Å². The van der Waals surface area contributed by atoms with Crippen LogP contribution in [0.5, 0.6) is 0 Å². The molecule has 1 fully saturated rings. The van der Waals surface area contributed by atoms with Crippen molar-refractivity contribution in [3.63, 3.8) is 0 Å². The van der Waals surface area contributed by atoms with E-state index in [9.17, 15) is 14.4 Å². The molecule has 6 nitrogen and oxygen atoms in total. The summed E-state index contributed by atoms with van der Waals surface area (Å²) in [6.07, 6.45) is 0.0223. The van der Waals surface area contributed by atoms with E-state index >= 15 is 0 Å². The highest BCUT2D eigenvalue weighted by molar-refractivity contribution is 5.99. The lowest BCUT2D eigenvalue weighted by molar-refractivity contribution is -0.157. The Morgan fingerprint density at radius 3 is 2.55 bits per heavy atom. The van der Waals surface area contributed by atoms with Crippen LogP contribution in [0.2, 0.25) is 0 Å². The smallest absolute Gasteiger partial charge is 0.312 e. The van der Waals surface area contributed by atoms with Gasteiger partial charge in [-0.25, -0.2) is 0 Å². The first-order chi connectivity index (χ1) is 10.4. The molecule has 2 N–H and O–H groups in total. The van der Waals surface area contributed by atoms with Gasteiger partial charge < -0.3 is 15.4 Å². The quantitative estimate of drug-likeness (QED) is 0.822. The molecule has 1 aliphatic rings. The number of anilines is 1. The van der Waals surface area contributed by atoms with Crippen LogP contribution < -0.4 is 10.6 Å². The molecule has 1 aliphatic heterocycles. The van der Waals surface area contributed by atoms with Crippen molar-refractivity contribution >= 4 is 23.5 Å². The van der Waals surface area contributed by atoms with Crippen LogP contribution in [0.4, 0.5) is 5.69 Å². The van der Waals surface area contributed by atoms with Gasteiger partial charge in [-0.2, -0.15) is 0 Å². The fourth-order valence-corrected chi connectivity index (χ4v) is 2.36. The lowest BCUT2D eigenvalue weighted by Gasteiger charge is -2.17. The molecule has 2 atom stereocenters. The predicted molar refractivity (Wildman–Crippen MR) is 81.0 cm³/mol. The number of nitrogens with two attached hydrogens (primary N) is 1. The Labute approximate surface area is 129 Å². The summed E-state index contributed by atoms with van der Waals surface area (Å²) in [7, 11) is 0. The summed E-state index contributed by atoms with van der Waals surface area (Å²) in [4.78, 5) is 36.6. The number of benzene rings is 1. The first-order valence-corrected chi connectivity index (χ1v) is 7.31. The summed E-state index contributed by atoms with van der Waals surface area (Å²) in [5, 5.41) is 0.